The molecule has 5 heteroatoms. The standard InChI is InChI=1S/C22H28N2O3/c1-5-24(16-17-11-7-6-8-12-17)21(26)22(2,3)20(25)23-15-18-13-9-10-14-19(18)27-4/h6-14H,5,15-16H2,1-4H3,(H,23,25). The molecule has 2 amide bonds. The van der Waals surface area contributed by atoms with Crippen molar-refractivity contribution in [1.29, 1.82) is 0 Å². The van der Waals surface area contributed by atoms with Gasteiger partial charge in [-0.2, -0.15) is 0 Å². The first-order chi connectivity index (χ1) is 12.9. The van der Waals surface area contributed by atoms with Crippen LogP contribution in [0, 0.1) is 5.41 Å². The largest absolute Gasteiger partial charge is 0.496 e. The predicted molar refractivity (Wildman–Crippen MR) is 106 cm³/mol. The van der Waals surface area contributed by atoms with Gasteiger partial charge in [0.2, 0.25) is 11.8 Å². The molecule has 144 valence electrons. The molecule has 0 fully saturated rings. The lowest BCUT2D eigenvalue weighted by atomic mass is 9.90. The molecule has 27 heavy (non-hydrogen) atoms. The van der Waals surface area contributed by atoms with E-state index in [1.165, 1.54) is 0 Å². The van der Waals surface area contributed by atoms with Gasteiger partial charge in [0, 0.05) is 25.2 Å². The Morgan fingerprint density at radius 2 is 1.67 bits per heavy atom. The number of nitrogens with zero attached hydrogens (tertiary/aromatic N) is 1. The van der Waals surface area contributed by atoms with Crippen molar-refractivity contribution >= 4 is 11.8 Å². The van der Waals surface area contributed by atoms with Crippen LogP contribution in [0.2, 0.25) is 0 Å². The van der Waals surface area contributed by atoms with Crippen molar-refractivity contribution in [3.63, 3.8) is 0 Å². The van der Waals surface area contributed by atoms with Gasteiger partial charge in [0.05, 0.1) is 7.11 Å². The number of hydrogen-bond donors (Lipinski definition) is 1. The summed E-state index contributed by atoms with van der Waals surface area (Å²) >= 11 is 0. The van der Waals surface area contributed by atoms with Gasteiger partial charge in [-0.25, -0.2) is 0 Å². The first-order valence-electron chi connectivity index (χ1n) is 9.13. The minimum atomic E-state index is -1.16. The number of ether oxygens (including phenoxy) is 1. The number of methoxy groups -OCH3 is 1. The fourth-order valence-electron chi connectivity index (χ4n) is 2.87. The van der Waals surface area contributed by atoms with E-state index in [9.17, 15) is 9.59 Å². The lowest BCUT2D eigenvalue weighted by molar-refractivity contribution is -0.149. The third-order valence-electron chi connectivity index (χ3n) is 4.62. The molecule has 0 aromatic heterocycles. The number of nitrogens with one attached hydrogen (secondary N) is 1. The van der Waals surface area contributed by atoms with Crippen LogP contribution < -0.4 is 10.1 Å². The van der Waals surface area contributed by atoms with E-state index >= 15 is 0 Å². The number of benzene rings is 2. The van der Waals surface area contributed by atoms with E-state index in [0.29, 0.717) is 25.4 Å². The zero-order chi connectivity index (χ0) is 19.9. The summed E-state index contributed by atoms with van der Waals surface area (Å²) in [6.07, 6.45) is 0. The topological polar surface area (TPSA) is 58.6 Å². The molecule has 0 saturated heterocycles. The maximum atomic E-state index is 13.0. The zero-order valence-electron chi connectivity index (χ0n) is 16.5. The van der Waals surface area contributed by atoms with Gasteiger partial charge < -0.3 is 15.0 Å². The lowest BCUT2D eigenvalue weighted by Crippen LogP contribution is -2.49. The van der Waals surface area contributed by atoms with E-state index in [-0.39, 0.29) is 11.8 Å². The summed E-state index contributed by atoms with van der Waals surface area (Å²) < 4.78 is 5.31. The monoisotopic (exact) mass is 368 g/mol. The maximum absolute atomic E-state index is 13.0. The van der Waals surface area contributed by atoms with E-state index in [1.54, 1.807) is 25.9 Å². The van der Waals surface area contributed by atoms with Crippen LogP contribution in [0.25, 0.3) is 0 Å². The molecule has 0 bridgehead atoms. The Kier molecular flexibility index (Phi) is 6.99. The molecule has 5 nitrogen and oxygen atoms in total. The van der Waals surface area contributed by atoms with Crippen LogP contribution in [-0.4, -0.2) is 30.4 Å². The van der Waals surface area contributed by atoms with Gasteiger partial charge in [-0.05, 0) is 32.4 Å². The average molecular weight is 368 g/mol. The molecule has 0 radical (unpaired) electrons. The molecular weight excluding hydrogens is 340 g/mol. The highest BCUT2D eigenvalue weighted by atomic mass is 16.5. The number of hydrogen-bond acceptors (Lipinski definition) is 3. The molecule has 0 saturated carbocycles. The van der Waals surface area contributed by atoms with Gasteiger partial charge in [0.1, 0.15) is 11.2 Å². The average Bonchev–Trinajstić information content (AvgIpc) is 2.70. The smallest absolute Gasteiger partial charge is 0.237 e. The van der Waals surface area contributed by atoms with Crippen molar-refractivity contribution in [3.8, 4) is 5.75 Å². The summed E-state index contributed by atoms with van der Waals surface area (Å²) in [6, 6.07) is 17.3. The van der Waals surface area contributed by atoms with E-state index in [0.717, 1.165) is 11.1 Å². The molecule has 0 aliphatic heterocycles. The molecule has 2 rings (SSSR count). The van der Waals surface area contributed by atoms with Crippen LogP contribution in [0.4, 0.5) is 0 Å². The molecule has 2 aromatic carbocycles. The van der Waals surface area contributed by atoms with Gasteiger partial charge in [0.25, 0.3) is 0 Å². The summed E-state index contributed by atoms with van der Waals surface area (Å²) in [5.41, 5.74) is 0.749. The van der Waals surface area contributed by atoms with E-state index in [4.69, 9.17) is 4.74 Å². The molecule has 0 atom stereocenters. The molecule has 1 N–H and O–H groups in total. The van der Waals surface area contributed by atoms with E-state index in [2.05, 4.69) is 5.32 Å². The van der Waals surface area contributed by atoms with E-state index < -0.39 is 5.41 Å². The van der Waals surface area contributed by atoms with Gasteiger partial charge in [-0.15, -0.1) is 0 Å². The normalized spacial score (nSPS) is 11.0. The van der Waals surface area contributed by atoms with Crippen molar-refractivity contribution < 1.29 is 14.3 Å². The summed E-state index contributed by atoms with van der Waals surface area (Å²) in [7, 11) is 1.59. The zero-order valence-corrected chi connectivity index (χ0v) is 16.5. The Balaban J connectivity index is 2.05. The molecule has 0 heterocycles. The quantitative estimate of drug-likeness (QED) is 0.727. The lowest BCUT2D eigenvalue weighted by Gasteiger charge is -2.30. The minimum absolute atomic E-state index is 0.189. The highest BCUT2D eigenvalue weighted by molar-refractivity contribution is 6.04. The van der Waals surface area contributed by atoms with Crippen LogP contribution in [0.15, 0.2) is 54.6 Å². The van der Waals surface area contributed by atoms with Gasteiger partial charge >= 0.3 is 0 Å². The molecular formula is C22H28N2O3. The number of carbonyl (C=O) groups excluding carboxylic acids is 2. The van der Waals surface area contributed by atoms with Crippen LogP contribution in [-0.2, 0) is 22.7 Å². The maximum Gasteiger partial charge on any atom is 0.237 e. The Bertz CT molecular complexity index is 772. The number of para-hydroxylation sites is 1. The molecule has 2 aromatic rings. The summed E-state index contributed by atoms with van der Waals surface area (Å²) in [6.45, 7) is 6.59. The summed E-state index contributed by atoms with van der Waals surface area (Å²) in [5, 5.41) is 2.87. The number of rotatable bonds is 8. The van der Waals surface area contributed by atoms with Gasteiger partial charge in [-0.3, -0.25) is 9.59 Å². The second-order valence-electron chi connectivity index (χ2n) is 6.92. The van der Waals surface area contributed by atoms with Crippen molar-refractivity contribution in [2.24, 2.45) is 5.41 Å². The van der Waals surface area contributed by atoms with Crippen LogP contribution >= 0.6 is 0 Å². The van der Waals surface area contributed by atoms with Gasteiger partial charge in [0.15, 0.2) is 0 Å². The van der Waals surface area contributed by atoms with Crippen LogP contribution in [0.1, 0.15) is 31.9 Å². The Hall–Kier alpha value is -2.82. The second-order valence-corrected chi connectivity index (χ2v) is 6.92. The predicted octanol–water partition coefficient (Wildman–Crippen LogP) is 3.39. The molecule has 0 unspecified atom stereocenters. The molecule has 0 aliphatic rings. The third-order valence-corrected chi connectivity index (χ3v) is 4.62. The molecule has 0 aliphatic carbocycles. The second kappa shape index (κ2) is 9.21. The highest BCUT2D eigenvalue weighted by Gasteiger charge is 2.38. The van der Waals surface area contributed by atoms with Crippen LogP contribution in [0.3, 0.4) is 0 Å². The molecule has 0 spiro atoms. The minimum Gasteiger partial charge on any atom is -0.496 e. The van der Waals surface area contributed by atoms with Crippen molar-refractivity contribution in [2.45, 2.75) is 33.9 Å². The van der Waals surface area contributed by atoms with Gasteiger partial charge in [-0.1, -0.05) is 48.5 Å². The highest BCUT2D eigenvalue weighted by Crippen LogP contribution is 2.22. The fourth-order valence-corrected chi connectivity index (χ4v) is 2.87. The first kappa shape index (κ1) is 20.5. The van der Waals surface area contributed by atoms with E-state index in [1.807, 2.05) is 61.5 Å². The van der Waals surface area contributed by atoms with Crippen molar-refractivity contribution in [3.05, 3.63) is 65.7 Å². The van der Waals surface area contributed by atoms with Crippen molar-refractivity contribution in [2.75, 3.05) is 13.7 Å². The summed E-state index contributed by atoms with van der Waals surface area (Å²) in [4.78, 5) is 27.5. The Labute approximate surface area is 161 Å². The Morgan fingerprint density at radius 1 is 1.04 bits per heavy atom. The SMILES string of the molecule is CCN(Cc1ccccc1)C(=O)C(C)(C)C(=O)NCc1ccccc1OC. The van der Waals surface area contributed by atoms with Crippen molar-refractivity contribution in [1.82, 2.24) is 10.2 Å². The number of carbonyl (C=O) groups is 2. The third kappa shape index (κ3) is 5.09. The fraction of sp³-hybridized carbons (Fsp3) is 0.364. The Morgan fingerprint density at radius 3 is 2.30 bits per heavy atom. The van der Waals surface area contributed by atoms with Crippen LogP contribution in [0.5, 0.6) is 5.75 Å². The summed E-state index contributed by atoms with van der Waals surface area (Å²) in [5.74, 6) is 0.220. The number of amides is 2. The first-order valence-corrected chi connectivity index (χ1v) is 9.13.